The topological polar surface area (TPSA) is 65.4 Å². The Morgan fingerprint density at radius 2 is 2.10 bits per heavy atom. The molecule has 1 N–H and O–H groups in total. The van der Waals surface area contributed by atoms with E-state index < -0.39 is 0 Å². The Bertz CT molecular complexity index is 1180. The molecular formula is C21H27N7S. The van der Waals surface area contributed by atoms with Crippen molar-refractivity contribution in [1.29, 1.82) is 0 Å². The SMILES string of the molecule is Cc1cc(-c2[nH]c3sc(N4CCN(C)CC4C)nc3c2C(C)C)cn2ncnc12. The number of nitrogens with zero attached hydrogens (tertiary/aromatic N) is 6. The first kappa shape index (κ1) is 18.6. The average Bonchev–Trinajstić information content (AvgIpc) is 3.34. The van der Waals surface area contributed by atoms with Gasteiger partial charge in [0.2, 0.25) is 0 Å². The number of aromatic nitrogens is 5. The van der Waals surface area contributed by atoms with Crippen LogP contribution in [0.2, 0.25) is 0 Å². The minimum absolute atomic E-state index is 0.366. The summed E-state index contributed by atoms with van der Waals surface area (Å²) in [5, 5.41) is 5.47. The molecule has 0 radical (unpaired) electrons. The van der Waals surface area contributed by atoms with Gasteiger partial charge in [-0.25, -0.2) is 14.5 Å². The summed E-state index contributed by atoms with van der Waals surface area (Å²) in [7, 11) is 2.19. The Labute approximate surface area is 174 Å². The van der Waals surface area contributed by atoms with Crippen molar-refractivity contribution < 1.29 is 0 Å². The van der Waals surface area contributed by atoms with E-state index >= 15 is 0 Å². The number of likely N-dealkylation sites (N-methyl/N-ethyl adjacent to an activating group) is 1. The lowest BCUT2D eigenvalue weighted by Crippen LogP contribution is -2.50. The highest BCUT2D eigenvalue weighted by molar-refractivity contribution is 7.21. The molecule has 0 aromatic carbocycles. The summed E-state index contributed by atoms with van der Waals surface area (Å²) in [6.07, 6.45) is 3.66. The van der Waals surface area contributed by atoms with Gasteiger partial charge in [0, 0.05) is 43.0 Å². The molecule has 1 aliphatic heterocycles. The number of aryl methyl sites for hydroxylation is 1. The Morgan fingerprint density at radius 3 is 2.86 bits per heavy atom. The number of pyridine rings is 1. The van der Waals surface area contributed by atoms with Crippen LogP contribution in [0.1, 0.15) is 37.8 Å². The zero-order valence-corrected chi connectivity index (χ0v) is 18.4. The molecule has 8 heteroatoms. The summed E-state index contributed by atoms with van der Waals surface area (Å²) < 4.78 is 1.86. The van der Waals surface area contributed by atoms with E-state index in [1.165, 1.54) is 5.56 Å². The molecule has 0 saturated carbocycles. The molecule has 1 saturated heterocycles. The van der Waals surface area contributed by atoms with Crippen molar-refractivity contribution in [2.24, 2.45) is 0 Å². The molecule has 0 aliphatic carbocycles. The molecule has 29 heavy (non-hydrogen) atoms. The highest BCUT2D eigenvalue weighted by Crippen LogP contribution is 2.40. The van der Waals surface area contributed by atoms with Crippen molar-refractivity contribution in [3.8, 4) is 11.3 Å². The van der Waals surface area contributed by atoms with Crippen molar-refractivity contribution >= 4 is 32.5 Å². The van der Waals surface area contributed by atoms with Crippen LogP contribution in [0.5, 0.6) is 0 Å². The number of piperazine rings is 1. The second-order valence-electron chi connectivity index (χ2n) is 8.49. The Balaban J connectivity index is 1.61. The summed E-state index contributed by atoms with van der Waals surface area (Å²) >= 11 is 1.77. The summed E-state index contributed by atoms with van der Waals surface area (Å²) in [4.78, 5) is 19.1. The van der Waals surface area contributed by atoms with Crippen LogP contribution in [-0.2, 0) is 0 Å². The summed E-state index contributed by atoms with van der Waals surface area (Å²) in [5.74, 6) is 0.366. The quantitative estimate of drug-likeness (QED) is 0.556. The van der Waals surface area contributed by atoms with Gasteiger partial charge in [-0.05, 0) is 38.4 Å². The lowest BCUT2D eigenvalue weighted by molar-refractivity contribution is 0.275. The number of H-pyrrole nitrogens is 1. The van der Waals surface area contributed by atoms with Crippen molar-refractivity contribution in [2.75, 3.05) is 31.6 Å². The molecule has 0 bridgehead atoms. The van der Waals surface area contributed by atoms with E-state index in [9.17, 15) is 0 Å². The largest absolute Gasteiger partial charge is 0.345 e. The molecule has 5 rings (SSSR count). The molecular weight excluding hydrogens is 382 g/mol. The lowest BCUT2D eigenvalue weighted by Gasteiger charge is -2.38. The van der Waals surface area contributed by atoms with Crippen molar-refractivity contribution in [1.82, 2.24) is 29.5 Å². The van der Waals surface area contributed by atoms with Gasteiger partial charge in [-0.1, -0.05) is 25.2 Å². The Kier molecular flexibility index (Phi) is 4.36. The van der Waals surface area contributed by atoms with E-state index in [-0.39, 0.29) is 0 Å². The lowest BCUT2D eigenvalue weighted by atomic mass is 9.99. The molecule has 1 fully saturated rings. The maximum atomic E-state index is 5.11. The van der Waals surface area contributed by atoms with Gasteiger partial charge in [-0.2, -0.15) is 5.10 Å². The van der Waals surface area contributed by atoms with Crippen LogP contribution in [-0.4, -0.2) is 62.2 Å². The fraction of sp³-hybridized carbons (Fsp3) is 0.476. The van der Waals surface area contributed by atoms with E-state index in [0.29, 0.717) is 12.0 Å². The summed E-state index contributed by atoms with van der Waals surface area (Å²) in [6.45, 7) is 12.0. The molecule has 4 aromatic heterocycles. The van der Waals surface area contributed by atoms with Gasteiger partial charge in [0.1, 0.15) is 16.7 Å². The Hall–Kier alpha value is -2.45. The molecule has 5 heterocycles. The first-order valence-corrected chi connectivity index (χ1v) is 11.0. The highest BCUT2D eigenvalue weighted by atomic mass is 32.1. The van der Waals surface area contributed by atoms with Crippen LogP contribution >= 0.6 is 11.3 Å². The fourth-order valence-corrected chi connectivity index (χ4v) is 5.56. The van der Waals surface area contributed by atoms with Crippen molar-refractivity contribution in [3.63, 3.8) is 0 Å². The van der Waals surface area contributed by atoms with Gasteiger partial charge in [0.15, 0.2) is 10.8 Å². The van der Waals surface area contributed by atoms with E-state index in [1.807, 2.05) is 4.52 Å². The Morgan fingerprint density at radius 1 is 1.28 bits per heavy atom. The predicted octanol–water partition coefficient (Wildman–Crippen LogP) is 3.91. The molecule has 152 valence electrons. The second-order valence-corrected chi connectivity index (χ2v) is 9.46. The number of aromatic amines is 1. The standard InChI is InChI=1S/C21H27N7S/c1-12(2)16-17(15-8-13(3)19-22-11-23-28(19)10-15)24-20-18(16)25-21(29-20)27-7-6-26(5)9-14(27)4/h8,10-12,14,24H,6-7,9H2,1-5H3. The molecule has 0 spiro atoms. The zero-order chi connectivity index (χ0) is 20.3. The number of anilines is 1. The minimum Gasteiger partial charge on any atom is -0.345 e. The van der Waals surface area contributed by atoms with Crippen molar-refractivity contribution in [3.05, 3.63) is 29.7 Å². The summed E-state index contributed by atoms with van der Waals surface area (Å²) in [5.41, 5.74) is 6.68. The molecule has 1 unspecified atom stereocenters. The van der Waals surface area contributed by atoms with E-state index in [2.05, 4.69) is 71.9 Å². The summed E-state index contributed by atoms with van der Waals surface area (Å²) in [6, 6.07) is 2.66. The van der Waals surface area contributed by atoms with Gasteiger partial charge in [-0.3, -0.25) is 0 Å². The van der Waals surface area contributed by atoms with Crippen LogP contribution in [0.15, 0.2) is 18.6 Å². The molecule has 4 aromatic rings. The third-order valence-electron chi connectivity index (χ3n) is 5.88. The van der Waals surface area contributed by atoms with Crippen LogP contribution in [0.3, 0.4) is 0 Å². The maximum Gasteiger partial charge on any atom is 0.188 e. The van der Waals surface area contributed by atoms with Gasteiger partial charge in [0.25, 0.3) is 0 Å². The van der Waals surface area contributed by atoms with Gasteiger partial charge in [-0.15, -0.1) is 0 Å². The molecule has 7 nitrogen and oxygen atoms in total. The van der Waals surface area contributed by atoms with E-state index in [0.717, 1.165) is 57.6 Å². The number of hydrogen-bond donors (Lipinski definition) is 1. The van der Waals surface area contributed by atoms with Crippen molar-refractivity contribution in [2.45, 2.75) is 39.7 Å². The number of thiazole rings is 1. The zero-order valence-electron chi connectivity index (χ0n) is 17.6. The second kappa shape index (κ2) is 6.81. The van der Waals surface area contributed by atoms with Gasteiger partial charge in [0.05, 0.1) is 5.69 Å². The van der Waals surface area contributed by atoms with Crippen LogP contribution < -0.4 is 4.90 Å². The maximum absolute atomic E-state index is 5.11. The predicted molar refractivity (Wildman–Crippen MR) is 119 cm³/mol. The normalized spacial score (nSPS) is 18.6. The van der Waals surface area contributed by atoms with Gasteiger partial charge >= 0.3 is 0 Å². The van der Waals surface area contributed by atoms with Crippen LogP contribution in [0.4, 0.5) is 5.13 Å². The monoisotopic (exact) mass is 409 g/mol. The smallest absolute Gasteiger partial charge is 0.188 e. The first-order chi connectivity index (χ1) is 13.9. The number of rotatable bonds is 3. The van der Waals surface area contributed by atoms with Crippen LogP contribution in [0, 0.1) is 6.92 Å². The minimum atomic E-state index is 0.366. The van der Waals surface area contributed by atoms with Gasteiger partial charge < -0.3 is 14.8 Å². The third kappa shape index (κ3) is 3.02. The number of fused-ring (bicyclic) bond motifs is 2. The van der Waals surface area contributed by atoms with E-state index in [4.69, 9.17) is 4.98 Å². The highest BCUT2D eigenvalue weighted by Gasteiger charge is 2.27. The molecule has 1 atom stereocenters. The fourth-order valence-electron chi connectivity index (χ4n) is 4.44. The van der Waals surface area contributed by atoms with E-state index in [1.54, 1.807) is 17.7 Å². The number of nitrogens with one attached hydrogen (secondary N) is 1. The molecule has 0 amide bonds. The average molecular weight is 410 g/mol. The number of hydrogen-bond acceptors (Lipinski definition) is 6. The van der Waals surface area contributed by atoms with Crippen LogP contribution in [0.25, 0.3) is 27.3 Å². The first-order valence-electron chi connectivity index (χ1n) is 10.2. The third-order valence-corrected chi connectivity index (χ3v) is 6.89. The molecule has 1 aliphatic rings.